The maximum atomic E-state index is 3.68. The fraction of sp³-hybridized carbons (Fsp3) is 0. The summed E-state index contributed by atoms with van der Waals surface area (Å²) in [5.41, 5.74) is 10.6. The molecule has 0 saturated carbocycles. The minimum atomic E-state index is 1.08. The third-order valence-corrected chi connectivity index (χ3v) is 18.4. The molecule has 0 saturated heterocycles. The fourth-order valence-electron chi connectivity index (χ4n) is 13.5. The van der Waals surface area contributed by atoms with Crippen LogP contribution in [0.15, 0.2) is 356 Å². The Morgan fingerprint density at radius 1 is 0.220 bits per heavy atom. The fourth-order valence-corrected chi connectivity index (χ4v) is 13.9. The van der Waals surface area contributed by atoms with Crippen molar-refractivity contribution in [3.05, 3.63) is 356 Å². The molecule has 3 heteroatoms. The second kappa shape index (κ2) is 24.0. The van der Waals surface area contributed by atoms with E-state index in [2.05, 4.69) is 378 Å². The van der Waals surface area contributed by atoms with Gasteiger partial charge >= 0.3 is 0 Å². The molecule has 18 rings (SSSR count). The van der Waals surface area contributed by atoms with Crippen molar-refractivity contribution in [3.8, 4) is 22.3 Å². The monoisotopic (exact) mass is 1220 g/mol. The Labute approximate surface area is 537 Å². The van der Waals surface area contributed by atoms with Gasteiger partial charge in [-0.2, -0.15) is 0 Å². The molecule has 18 aromatic rings. The van der Waals surface area contributed by atoms with Crippen LogP contribution in [-0.4, -0.2) is 0 Å². The second-order valence-electron chi connectivity index (χ2n) is 23.3. The molecule has 0 bridgehead atoms. The van der Waals surface area contributed by atoms with Crippen molar-refractivity contribution in [1.29, 1.82) is 0 Å². The van der Waals surface area contributed by atoms with Crippen molar-refractivity contribution >= 4 is 152 Å². The van der Waals surface area contributed by atoms with E-state index in [1.807, 2.05) is 0 Å². The lowest BCUT2D eigenvalue weighted by molar-refractivity contribution is 1.31. The molecule has 0 amide bonds. The van der Waals surface area contributed by atoms with Crippen molar-refractivity contribution < 1.29 is 0 Å². The molecule has 0 radical (unpaired) electrons. The molecule has 0 aliphatic carbocycles. The second-order valence-corrected chi connectivity index (χ2v) is 24.3. The lowest BCUT2D eigenvalue weighted by atomic mass is 9.93. The Morgan fingerprint density at radius 2 is 0.560 bits per heavy atom. The van der Waals surface area contributed by atoms with Gasteiger partial charge in [-0.15, -0.1) is 0 Å². The van der Waals surface area contributed by atoms with Gasteiger partial charge in [-0.05, 0) is 192 Å². The van der Waals surface area contributed by atoms with Gasteiger partial charge in [-0.25, -0.2) is 0 Å². The first-order chi connectivity index (χ1) is 45.0. The zero-order valence-corrected chi connectivity index (χ0v) is 51.4. The zero-order valence-electron chi connectivity index (χ0n) is 49.8. The van der Waals surface area contributed by atoms with Crippen molar-refractivity contribution in [3.63, 3.8) is 0 Å². The summed E-state index contributed by atoms with van der Waals surface area (Å²) in [6.45, 7) is 0. The maximum Gasteiger partial charge on any atom is 0.0546 e. The minimum Gasteiger partial charge on any atom is -0.355 e. The number of nitrogens with one attached hydrogen (secondary N) is 1. The summed E-state index contributed by atoms with van der Waals surface area (Å²) in [7, 11) is 0. The van der Waals surface area contributed by atoms with Gasteiger partial charge in [0.2, 0.25) is 0 Å². The Hall–Kier alpha value is -11.4. The van der Waals surface area contributed by atoms with Crippen LogP contribution >= 0.6 is 15.9 Å². The van der Waals surface area contributed by atoms with Crippen molar-refractivity contribution in [2.24, 2.45) is 0 Å². The molecule has 0 unspecified atom stereocenters. The summed E-state index contributed by atoms with van der Waals surface area (Å²) in [6, 6.07) is 127. The van der Waals surface area contributed by atoms with Crippen LogP contribution in [0.5, 0.6) is 0 Å². The lowest BCUT2D eigenvalue weighted by Gasteiger charge is -2.28. The highest BCUT2D eigenvalue weighted by Crippen LogP contribution is 2.45. The zero-order chi connectivity index (χ0) is 60.6. The average molecular weight is 1220 g/mol. The summed E-state index contributed by atoms with van der Waals surface area (Å²) < 4.78 is 1.14. The molecule has 18 aromatic carbocycles. The van der Waals surface area contributed by atoms with Crippen LogP contribution in [0.3, 0.4) is 0 Å². The molecule has 0 aliphatic rings. The number of benzene rings is 18. The number of hydrogen-bond acceptors (Lipinski definition) is 2. The number of anilines is 5. The molecular weight excluding hydrogens is 1160 g/mol. The molecule has 0 spiro atoms. The number of halogens is 1. The number of nitrogens with zero attached hydrogens (tertiary/aromatic N) is 1. The quantitative estimate of drug-likeness (QED) is 0.160. The average Bonchev–Trinajstić information content (AvgIpc) is 1.52. The van der Waals surface area contributed by atoms with Gasteiger partial charge in [-0.3, -0.25) is 0 Å². The minimum absolute atomic E-state index is 1.08. The highest BCUT2D eigenvalue weighted by atomic mass is 79.9. The van der Waals surface area contributed by atoms with Crippen LogP contribution < -0.4 is 10.2 Å². The number of fused-ring (bicyclic) bond motifs is 14. The van der Waals surface area contributed by atoms with E-state index < -0.39 is 0 Å². The summed E-state index contributed by atoms with van der Waals surface area (Å²) in [5.74, 6) is 0. The lowest BCUT2D eigenvalue weighted by Crippen LogP contribution is -2.10. The molecule has 2 nitrogen and oxygen atoms in total. The van der Waals surface area contributed by atoms with E-state index >= 15 is 0 Å². The molecule has 91 heavy (non-hydrogen) atoms. The summed E-state index contributed by atoms with van der Waals surface area (Å²) in [5, 5.41) is 29.0. The standard InChI is InChI=1S/C44H29N.C34H23N.C10H7Br/c1-2-12-32-27-36(26-21-30(32)11-1)45(44-29-34-14-4-6-16-38(34)40-18-9-10-20-42(40)44)35-24-22-31(23-25-35)43-28-33-13-3-5-15-37(33)39-17-7-8-19-41(39)43;1-3-11-27-24(9-1)21-33(31-15-6-5-13-29(27)31)23-17-19-26(20-18-23)35-34-22-25-10-2-4-12-28(25)30-14-7-8-16-32(30)34;11-10-6-5-8-3-1-2-4-9(8)7-10/h1-29H;1-22,35H;1-7H. The molecule has 0 heterocycles. The third kappa shape index (κ3) is 10.6. The van der Waals surface area contributed by atoms with Gasteiger partial charge in [0, 0.05) is 38.0 Å². The predicted molar refractivity (Wildman–Crippen MR) is 397 cm³/mol. The predicted octanol–water partition coefficient (Wildman–Crippen LogP) is 25.9. The van der Waals surface area contributed by atoms with Crippen molar-refractivity contribution in [2.75, 3.05) is 10.2 Å². The van der Waals surface area contributed by atoms with Gasteiger partial charge in [-0.1, -0.05) is 295 Å². The SMILES string of the molecule is Brc1ccc2ccccc2c1.c1ccc2c(c1)cc(Nc1ccc(-c3cc4ccccc4c4ccccc34)cc1)c1ccccc12.c1ccc2cc(N(c3ccc(-c4cc5ccccc5c5ccccc45)cc3)c3cc4ccccc4c4ccccc34)ccc2c1. The maximum absolute atomic E-state index is 3.68. The van der Waals surface area contributed by atoms with Crippen molar-refractivity contribution in [1.82, 2.24) is 0 Å². The van der Waals surface area contributed by atoms with Gasteiger partial charge in [0.1, 0.15) is 0 Å². The summed E-state index contributed by atoms with van der Waals surface area (Å²) in [4.78, 5) is 2.42. The Morgan fingerprint density at radius 3 is 1.07 bits per heavy atom. The molecule has 0 atom stereocenters. The number of rotatable bonds is 7. The molecule has 0 fully saturated rings. The van der Waals surface area contributed by atoms with E-state index in [1.165, 1.54) is 136 Å². The van der Waals surface area contributed by atoms with E-state index in [0.717, 1.165) is 27.2 Å². The summed E-state index contributed by atoms with van der Waals surface area (Å²) in [6.07, 6.45) is 0. The van der Waals surface area contributed by atoms with Crippen LogP contribution in [0.1, 0.15) is 0 Å². The van der Waals surface area contributed by atoms with Gasteiger partial charge in [0.05, 0.1) is 5.69 Å². The molecule has 0 aliphatic heterocycles. The summed E-state index contributed by atoms with van der Waals surface area (Å²) >= 11 is 3.43. The van der Waals surface area contributed by atoms with Crippen LogP contribution in [0.2, 0.25) is 0 Å². The van der Waals surface area contributed by atoms with Crippen molar-refractivity contribution in [2.45, 2.75) is 0 Å². The molecule has 428 valence electrons. The largest absolute Gasteiger partial charge is 0.355 e. The van der Waals surface area contributed by atoms with Crippen LogP contribution in [0.4, 0.5) is 28.4 Å². The first-order valence-corrected chi connectivity index (χ1v) is 31.9. The first-order valence-electron chi connectivity index (χ1n) is 31.1. The number of hydrogen-bond donors (Lipinski definition) is 1. The Balaban J connectivity index is 0.000000127. The van der Waals surface area contributed by atoms with Crippen LogP contribution in [0.25, 0.3) is 130 Å². The van der Waals surface area contributed by atoms with Crippen LogP contribution in [0, 0.1) is 0 Å². The Kier molecular flexibility index (Phi) is 14.5. The third-order valence-electron chi connectivity index (χ3n) is 17.9. The highest BCUT2D eigenvalue weighted by Gasteiger charge is 2.19. The van der Waals surface area contributed by atoms with Gasteiger partial charge < -0.3 is 10.2 Å². The smallest absolute Gasteiger partial charge is 0.0546 e. The van der Waals surface area contributed by atoms with E-state index in [4.69, 9.17) is 0 Å². The van der Waals surface area contributed by atoms with E-state index in [1.54, 1.807) is 0 Å². The Bertz CT molecular complexity index is 5770. The molecule has 0 aromatic heterocycles. The van der Waals surface area contributed by atoms with Gasteiger partial charge in [0.25, 0.3) is 0 Å². The molecule has 1 N–H and O–H groups in total. The van der Waals surface area contributed by atoms with Gasteiger partial charge in [0.15, 0.2) is 0 Å². The molecular formula is C88H59BrN2. The van der Waals surface area contributed by atoms with Crippen LogP contribution in [-0.2, 0) is 0 Å². The van der Waals surface area contributed by atoms with E-state index in [0.29, 0.717) is 0 Å². The topological polar surface area (TPSA) is 15.3 Å². The first kappa shape index (κ1) is 55.0. The normalized spacial score (nSPS) is 11.4. The van der Waals surface area contributed by atoms with E-state index in [-0.39, 0.29) is 0 Å². The highest BCUT2D eigenvalue weighted by molar-refractivity contribution is 9.10. The van der Waals surface area contributed by atoms with E-state index in [9.17, 15) is 0 Å².